The van der Waals surface area contributed by atoms with Crippen LogP contribution in [0.15, 0.2) is 11.1 Å². The van der Waals surface area contributed by atoms with Crippen molar-refractivity contribution in [3.63, 3.8) is 0 Å². The molecule has 0 aliphatic heterocycles. The van der Waals surface area contributed by atoms with Crippen LogP contribution in [0.5, 0.6) is 0 Å². The SMILES string of the molecule is CC1=C2CC2CC(C)C(C)CCCCC1C. The predicted molar refractivity (Wildman–Crippen MR) is 71.4 cm³/mol. The molecule has 92 valence electrons. The molecule has 1 fully saturated rings. The summed E-state index contributed by atoms with van der Waals surface area (Å²) in [5, 5.41) is 0. The molecule has 0 aromatic carbocycles. The predicted octanol–water partition coefficient (Wildman–Crippen LogP) is 5.20. The van der Waals surface area contributed by atoms with Crippen LogP contribution in [0.3, 0.4) is 0 Å². The summed E-state index contributed by atoms with van der Waals surface area (Å²) < 4.78 is 0. The van der Waals surface area contributed by atoms with Crippen LogP contribution in [0.4, 0.5) is 0 Å². The molecular formula is C16H28. The minimum Gasteiger partial charge on any atom is -0.0710 e. The summed E-state index contributed by atoms with van der Waals surface area (Å²) in [5.74, 6) is 3.70. The molecule has 0 aromatic rings. The maximum atomic E-state index is 2.47. The van der Waals surface area contributed by atoms with Crippen molar-refractivity contribution < 1.29 is 0 Å². The third-order valence-electron chi connectivity index (χ3n) is 5.22. The third-order valence-corrected chi connectivity index (χ3v) is 5.22. The van der Waals surface area contributed by atoms with E-state index < -0.39 is 0 Å². The average Bonchev–Trinajstić information content (AvgIpc) is 3.00. The Morgan fingerprint density at radius 3 is 2.38 bits per heavy atom. The zero-order valence-corrected chi connectivity index (χ0v) is 11.6. The maximum absolute atomic E-state index is 2.47. The molecule has 0 N–H and O–H groups in total. The molecule has 0 aromatic heterocycles. The average molecular weight is 220 g/mol. The Hall–Kier alpha value is -0.260. The van der Waals surface area contributed by atoms with Gasteiger partial charge in [-0.25, -0.2) is 0 Å². The highest BCUT2D eigenvalue weighted by molar-refractivity contribution is 5.30. The first kappa shape index (κ1) is 12.2. The van der Waals surface area contributed by atoms with Gasteiger partial charge >= 0.3 is 0 Å². The van der Waals surface area contributed by atoms with Gasteiger partial charge in [-0.2, -0.15) is 0 Å². The lowest BCUT2D eigenvalue weighted by molar-refractivity contribution is 0.323. The van der Waals surface area contributed by atoms with Gasteiger partial charge in [0.2, 0.25) is 0 Å². The highest BCUT2D eigenvalue weighted by Crippen LogP contribution is 2.48. The van der Waals surface area contributed by atoms with Crippen LogP contribution in [-0.2, 0) is 0 Å². The molecule has 0 nitrogen and oxygen atoms in total. The van der Waals surface area contributed by atoms with E-state index in [1.54, 1.807) is 5.57 Å². The van der Waals surface area contributed by atoms with Crippen molar-refractivity contribution in [1.29, 1.82) is 0 Å². The lowest BCUT2D eigenvalue weighted by Gasteiger charge is -2.19. The molecule has 0 heterocycles. The third kappa shape index (κ3) is 2.70. The Balaban J connectivity index is 2.05. The molecule has 16 heavy (non-hydrogen) atoms. The number of hydrogen-bond acceptors (Lipinski definition) is 0. The molecule has 2 aliphatic rings. The summed E-state index contributed by atoms with van der Waals surface area (Å²) in [6.45, 7) is 9.76. The number of rotatable bonds is 0. The normalized spacial score (nSPS) is 41.2. The van der Waals surface area contributed by atoms with Crippen LogP contribution in [-0.4, -0.2) is 0 Å². The van der Waals surface area contributed by atoms with Gasteiger partial charge in [-0.3, -0.25) is 0 Å². The quantitative estimate of drug-likeness (QED) is 0.492. The maximum Gasteiger partial charge on any atom is -0.0160 e. The molecule has 2 aliphatic carbocycles. The van der Waals surface area contributed by atoms with Crippen LogP contribution in [0.1, 0.15) is 66.2 Å². The zero-order valence-electron chi connectivity index (χ0n) is 11.6. The second kappa shape index (κ2) is 4.94. The van der Waals surface area contributed by atoms with Gasteiger partial charge in [-0.05, 0) is 49.9 Å². The molecule has 0 spiro atoms. The van der Waals surface area contributed by atoms with Crippen molar-refractivity contribution in [2.24, 2.45) is 23.7 Å². The summed E-state index contributed by atoms with van der Waals surface area (Å²) in [6.07, 6.45) is 8.64. The van der Waals surface area contributed by atoms with Crippen molar-refractivity contribution >= 4 is 0 Å². The molecule has 2 rings (SSSR count). The van der Waals surface area contributed by atoms with Crippen molar-refractivity contribution in [2.45, 2.75) is 66.2 Å². The van der Waals surface area contributed by atoms with Gasteiger partial charge in [0.15, 0.2) is 0 Å². The van der Waals surface area contributed by atoms with Crippen LogP contribution in [0.25, 0.3) is 0 Å². The van der Waals surface area contributed by atoms with Gasteiger partial charge < -0.3 is 0 Å². The molecule has 0 bridgehead atoms. The Labute approximate surface area is 102 Å². The first-order chi connectivity index (χ1) is 7.59. The monoisotopic (exact) mass is 220 g/mol. The molecule has 1 saturated carbocycles. The molecule has 4 atom stereocenters. The van der Waals surface area contributed by atoms with Gasteiger partial charge in [0.05, 0.1) is 0 Å². The van der Waals surface area contributed by atoms with E-state index in [-0.39, 0.29) is 0 Å². The molecule has 0 heteroatoms. The molecule has 0 radical (unpaired) electrons. The zero-order chi connectivity index (χ0) is 11.7. The lowest BCUT2D eigenvalue weighted by Crippen LogP contribution is -2.08. The van der Waals surface area contributed by atoms with Gasteiger partial charge in [0, 0.05) is 0 Å². The van der Waals surface area contributed by atoms with Gasteiger partial charge in [-0.15, -0.1) is 0 Å². The fourth-order valence-corrected chi connectivity index (χ4v) is 3.33. The largest absolute Gasteiger partial charge is 0.0710 e. The van der Waals surface area contributed by atoms with Gasteiger partial charge in [-0.1, -0.05) is 51.2 Å². The van der Waals surface area contributed by atoms with E-state index >= 15 is 0 Å². The fraction of sp³-hybridized carbons (Fsp3) is 0.875. The van der Waals surface area contributed by atoms with E-state index in [1.165, 1.54) is 38.5 Å². The fourth-order valence-electron chi connectivity index (χ4n) is 3.33. The molecule has 4 unspecified atom stereocenters. The second-order valence-corrected chi connectivity index (χ2v) is 6.49. The van der Waals surface area contributed by atoms with E-state index in [9.17, 15) is 0 Å². The molecule has 0 amide bonds. The minimum absolute atomic E-state index is 0.851. The Morgan fingerprint density at radius 1 is 0.938 bits per heavy atom. The molecular weight excluding hydrogens is 192 g/mol. The van der Waals surface area contributed by atoms with E-state index in [4.69, 9.17) is 0 Å². The van der Waals surface area contributed by atoms with E-state index in [2.05, 4.69) is 27.7 Å². The summed E-state index contributed by atoms with van der Waals surface area (Å²) in [4.78, 5) is 0. The molecule has 0 saturated heterocycles. The minimum atomic E-state index is 0.851. The standard InChI is InChI=1S/C16H28/c1-11-7-5-6-8-12(2)14(4)16-10-15(16)9-13(11)3/h11-13,15H,5-10H2,1-4H3. The summed E-state index contributed by atoms with van der Waals surface area (Å²) >= 11 is 0. The topological polar surface area (TPSA) is 0 Å². The van der Waals surface area contributed by atoms with E-state index in [0.29, 0.717) is 0 Å². The van der Waals surface area contributed by atoms with Crippen LogP contribution < -0.4 is 0 Å². The van der Waals surface area contributed by atoms with Crippen LogP contribution in [0.2, 0.25) is 0 Å². The smallest absolute Gasteiger partial charge is 0.0160 e. The first-order valence-electron chi connectivity index (χ1n) is 7.29. The van der Waals surface area contributed by atoms with E-state index in [0.717, 1.165) is 23.7 Å². The Kier molecular flexibility index (Phi) is 3.77. The number of fused-ring (bicyclic) bond motifs is 1. The first-order valence-corrected chi connectivity index (χ1v) is 7.29. The Bertz CT molecular complexity index is 274. The van der Waals surface area contributed by atoms with Crippen molar-refractivity contribution in [3.05, 3.63) is 11.1 Å². The van der Waals surface area contributed by atoms with Crippen molar-refractivity contribution in [2.75, 3.05) is 0 Å². The highest BCUT2D eigenvalue weighted by Gasteiger charge is 2.34. The number of hydrogen-bond donors (Lipinski definition) is 0. The van der Waals surface area contributed by atoms with Crippen LogP contribution in [0, 0.1) is 23.7 Å². The van der Waals surface area contributed by atoms with Gasteiger partial charge in [0.25, 0.3) is 0 Å². The van der Waals surface area contributed by atoms with Crippen molar-refractivity contribution in [1.82, 2.24) is 0 Å². The number of allylic oxidation sites excluding steroid dienone is 2. The summed E-state index contributed by atoms with van der Waals surface area (Å²) in [7, 11) is 0. The lowest BCUT2D eigenvalue weighted by atomic mass is 9.87. The summed E-state index contributed by atoms with van der Waals surface area (Å²) in [5.41, 5.74) is 3.57. The summed E-state index contributed by atoms with van der Waals surface area (Å²) in [6, 6.07) is 0. The second-order valence-electron chi connectivity index (χ2n) is 6.49. The van der Waals surface area contributed by atoms with Crippen molar-refractivity contribution in [3.8, 4) is 0 Å². The van der Waals surface area contributed by atoms with Crippen LogP contribution >= 0.6 is 0 Å². The van der Waals surface area contributed by atoms with Gasteiger partial charge in [0.1, 0.15) is 0 Å². The highest BCUT2D eigenvalue weighted by atomic mass is 14.4. The van der Waals surface area contributed by atoms with E-state index in [1.807, 2.05) is 5.57 Å². The Morgan fingerprint density at radius 2 is 1.62 bits per heavy atom.